The van der Waals surface area contributed by atoms with Crippen molar-refractivity contribution in [1.29, 1.82) is 5.26 Å². The summed E-state index contributed by atoms with van der Waals surface area (Å²) in [6.45, 7) is 0.784. The molecule has 0 unspecified atom stereocenters. The Kier molecular flexibility index (Phi) is 7.41. The quantitative estimate of drug-likeness (QED) is 0.711. The number of nitrogens with zero attached hydrogens (tertiary/aromatic N) is 2. The van der Waals surface area contributed by atoms with Crippen LogP contribution in [0.1, 0.15) is 42.6 Å². The van der Waals surface area contributed by atoms with Crippen molar-refractivity contribution in [2.24, 2.45) is 13.0 Å². The number of nitriles is 1. The van der Waals surface area contributed by atoms with Crippen LogP contribution in [0.3, 0.4) is 0 Å². The van der Waals surface area contributed by atoms with E-state index in [1.54, 1.807) is 11.8 Å². The number of fused-ring (bicyclic) bond motifs is 1. The fraction of sp³-hybridized carbons (Fsp3) is 0.545. The van der Waals surface area contributed by atoms with Gasteiger partial charge in [0, 0.05) is 30.5 Å². The lowest BCUT2D eigenvalue weighted by molar-refractivity contribution is 0.0897. The zero-order valence-corrected chi connectivity index (χ0v) is 17.6. The van der Waals surface area contributed by atoms with Crippen molar-refractivity contribution in [1.82, 2.24) is 15.2 Å². The van der Waals surface area contributed by atoms with E-state index in [1.165, 1.54) is 6.42 Å². The van der Waals surface area contributed by atoms with Crippen molar-refractivity contribution in [3.05, 3.63) is 36.0 Å². The Morgan fingerprint density at radius 1 is 1.36 bits per heavy atom. The fourth-order valence-electron chi connectivity index (χ4n) is 4.13. The summed E-state index contributed by atoms with van der Waals surface area (Å²) in [5, 5.41) is 17.1. The number of para-hydroxylation sites is 1. The number of carbonyl (C=O) groups excluding carboxylic acids is 1. The molecular weight excluding hydrogens is 368 g/mol. The van der Waals surface area contributed by atoms with Gasteiger partial charge < -0.3 is 15.2 Å². The van der Waals surface area contributed by atoms with Crippen LogP contribution in [0.4, 0.5) is 0 Å². The Labute approximate surface area is 171 Å². The Balaban J connectivity index is 1.64. The lowest BCUT2D eigenvalue weighted by Gasteiger charge is -2.33. The van der Waals surface area contributed by atoms with Crippen LogP contribution in [-0.2, 0) is 7.05 Å². The minimum Gasteiger partial charge on any atom is -0.348 e. The number of thioether (sulfide) groups is 1. The molecule has 5 nitrogen and oxygen atoms in total. The second kappa shape index (κ2) is 9.99. The Morgan fingerprint density at radius 2 is 2.14 bits per heavy atom. The first-order valence-corrected chi connectivity index (χ1v) is 11.5. The zero-order valence-electron chi connectivity index (χ0n) is 16.8. The number of rotatable bonds is 8. The van der Waals surface area contributed by atoms with E-state index >= 15 is 0 Å². The van der Waals surface area contributed by atoms with Gasteiger partial charge in [-0.25, -0.2) is 0 Å². The van der Waals surface area contributed by atoms with E-state index in [2.05, 4.69) is 23.0 Å². The number of benzene rings is 1. The van der Waals surface area contributed by atoms with E-state index in [0.29, 0.717) is 11.6 Å². The molecule has 0 aliphatic heterocycles. The monoisotopic (exact) mass is 398 g/mol. The number of carbonyl (C=O) groups is 1. The lowest BCUT2D eigenvalue weighted by Crippen LogP contribution is -2.47. The van der Waals surface area contributed by atoms with Crippen LogP contribution < -0.4 is 10.6 Å². The number of amides is 1. The zero-order chi connectivity index (χ0) is 19.9. The molecule has 3 rings (SSSR count). The van der Waals surface area contributed by atoms with Crippen LogP contribution in [-0.4, -0.2) is 41.1 Å². The highest BCUT2D eigenvalue weighted by molar-refractivity contribution is 7.98. The molecular formula is C22H30N4OS. The molecule has 2 N–H and O–H groups in total. The van der Waals surface area contributed by atoms with Crippen molar-refractivity contribution >= 4 is 28.6 Å². The molecule has 0 bridgehead atoms. The van der Waals surface area contributed by atoms with E-state index in [4.69, 9.17) is 0 Å². The summed E-state index contributed by atoms with van der Waals surface area (Å²) in [6.07, 6.45) is 7.35. The highest BCUT2D eigenvalue weighted by atomic mass is 32.2. The molecule has 150 valence electrons. The van der Waals surface area contributed by atoms with Crippen LogP contribution >= 0.6 is 11.8 Å². The maximum absolute atomic E-state index is 13.0. The summed E-state index contributed by atoms with van der Waals surface area (Å²) >= 11 is 1.77. The van der Waals surface area contributed by atoms with Gasteiger partial charge >= 0.3 is 0 Å². The Bertz CT molecular complexity index is 841. The molecule has 1 aromatic heterocycles. The van der Waals surface area contributed by atoms with Crippen LogP contribution in [0, 0.1) is 17.2 Å². The second-order valence-corrected chi connectivity index (χ2v) is 8.63. The molecule has 1 amide bonds. The molecule has 0 spiro atoms. The summed E-state index contributed by atoms with van der Waals surface area (Å²) < 4.78 is 1.97. The fourth-order valence-corrected chi connectivity index (χ4v) is 4.60. The molecule has 3 atom stereocenters. The second-order valence-electron chi connectivity index (χ2n) is 7.64. The van der Waals surface area contributed by atoms with Crippen LogP contribution in [0.5, 0.6) is 0 Å². The van der Waals surface area contributed by atoms with Gasteiger partial charge in [0.2, 0.25) is 0 Å². The van der Waals surface area contributed by atoms with E-state index in [9.17, 15) is 10.1 Å². The predicted molar refractivity (Wildman–Crippen MR) is 117 cm³/mol. The number of hydrogen-bond donors (Lipinski definition) is 2. The minimum atomic E-state index is -0.107. The van der Waals surface area contributed by atoms with Gasteiger partial charge in [0.1, 0.15) is 5.69 Å². The van der Waals surface area contributed by atoms with Gasteiger partial charge in [0.15, 0.2) is 0 Å². The first-order chi connectivity index (χ1) is 13.6. The Hall–Kier alpha value is -1.97. The number of aromatic nitrogens is 1. The maximum atomic E-state index is 13.0. The number of aryl methyl sites for hydroxylation is 1. The van der Waals surface area contributed by atoms with Gasteiger partial charge in [0.25, 0.3) is 5.91 Å². The molecule has 0 radical (unpaired) electrons. The number of hydrogen-bond acceptors (Lipinski definition) is 4. The first kappa shape index (κ1) is 20.8. The lowest BCUT2D eigenvalue weighted by atomic mass is 9.84. The number of nitrogens with one attached hydrogen (secondary N) is 2. The largest absolute Gasteiger partial charge is 0.348 e. The average molecular weight is 399 g/mol. The van der Waals surface area contributed by atoms with Gasteiger partial charge in [-0.15, -0.1) is 0 Å². The third-order valence-corrected chi connectivity index (χ3v) is 6.45. The van der Waals surface area contributed by atoms with Crippen LogP contribution in [0.2, 0.25) is 0 Å². The van der Waals surface area contributed by atoms with Crippen molar-refractivity contribution in [3.8, 4) is 6.07 Å². The van der Waals surface area contributed by atoms with Gasteiger partial charge in [-0.1, -0.05) is 31.0 Å². The first-order valence-electron chi connectivity index (χ1n) is 10.1. The van der Waals surface area contributed by atoms with Crippen molar-refractivity contribution in [2.75, 3.05) is 18.6 Å². The molecule has 2 aromatic rings. The molecule has 1 fully saturated rings. The SMILES string of the molecule is CSCC[C@@H](C#N)NC[C@H]1CCCC[C@@H]1NC(=O)c1cc2ccccc2n1C. The summed E-state index contributed by atoms with van der Waals surface area (Å²) in [5.41, 5.74) is 1.77. The van der Waals surface area contributed by atoms with Crippen molar-refractivity contribution < 1.29 is 4.79 Å². The summed E-state index contributed by atoms with van der Waals surface area (Å²) in [6, 6.07) is 12.5. The van der Waals surface area contributed by atoms with Gasteiger partial charge in [-0.05, 0) is 49.3 Å². The third kappa shape index (κ3) is 4.89. The molecule has 1 aliphatic carbocycles. The highest BCUT2D eigenvalue weighted by Gasteiger charge is 2.28. The van der Waals surface area contributed by atoms with E-state index in [1.807, 2.05) is 41.9 Å². The van der Waals surface area contributed by atoms with E-state index < -0.39 is 0 Å². The van der Waals surface area contributed by atoms with Crippen LogP contribution in [0.15, 0.2) is 30.3 Å². The van der Waals surface area contributed by atoms with E-state index in [0.717, 1.165) is 48.9 Å². The topological polar surface area (TPSA) is 69.8 Å². The summed E-state index contributed by atoms with van der Waals surface area (Å²) in [5.74, 6) is 1.35. The van der Waals surface area contributed by atoms with Crippen LogP contribution in [0.25, 0.3) is 10.9 Å². The summed E-state index contributed by atoms with van der Waals surface area (Å²) in [4.78, 5) is 13.0. The van der Waals surface area contributed by atoms with Crippen molar-refractivity contribution in [2.45, 2.75) is 44.2 Å². The van der Waals surface area contributed by atoms with Gasteiger partial charge in [-0.2, -0.15) is 17.0 Å². The van der Waals surface area contributed by atoms with E-state index in [-0.39, 0.29) is 18.0 Å². The molecule has 1 heterocycles. The molecule has 6 heteroatoms. The highest BCUT2D eigenvalue weighted by Crippen LogP contribution is 2.25. The van der Waals surface area contributed by atoms with Gasteiger partial charge in [-0.3, -0.25) is 4.79 Å². The molecule has 1 aromatic carbocycles. The van der Waals surface area contributed by atoms with Crippen molar-refractivity contribution in [3.63, 3.8) is 0 Å². The third-order valence-electron chi connectivity index (χ3n) is 5.80. The average Bonchev–Trinajstić information content (AvgIpc) is 3.06. The Morgan fingerprint density at radius 3 is 2.89 bits per heavy atom. The molecule has 28 heavy (non-hydrogen) atoms. The molecule has 0 saturated heterocycles. The predicted octanol–water partition coefficient (Wildman–Crippen LogP) is 3.70. The molecule has 1 saturated carbocycles. The summed E-state index contributed by atoms with van der Waals surface area (Å²) in [7, 11) is 1.94. The normalized spacial score (nSPS) is 20.6. The molecule has 1 aliphatic rings. The maximum Gasteiger partial charge on any atom is 0.268 e. The van der Waals surface area contributed by atoms with Gasteiger partial charge in [0.05, 0.1) is 12.1 Å². The standard InChI is InChI=1S/C22H30N4OS/c1-26-20-10-6-4-7-16(20)13-21(26)22(27)25-19-9-5-3-8-17(19)15-24-18(14-23)11-12-28-2/h4,6-7,10,13,17-19,24H,3,5,8-9,11-12,15H2,1-2H3,(H,25,27)/t17-,18+,19+/m1/s1. The smallest absolute Gasteiger partial charge is 0.268 e. The minimum absolute atomic E-state index is 0.00480.